The Balaban J connectivity index is 2.31. The zero-order chi connectivity index (χ0) is 13.4. The van der Waals surface area contributed by atoms with E-state index < -0.39 is 0 Å². The van der Waals surface area contributed by atoms with Gasteiger partial charge in [-0.3, -0.25) is 0 Å². The van der Waals surface area contributed by atoms with Crippen molar-refractivity contribution in [3.05, 3.63) is 42.6 Å². The summed E-state index contributed by atoms with van der Waals surface area (Å²) in [5.74, 6) is 0.913. The van der Waals surface area contributed by atoms with E-state index in [1.807, 2.05) is 36.4 Å². The van der Waals surface area contributed by atoms with Crippen LogP contribution in [0, 0.1) is 0 Å². The summed E-state index contributed by atoms with van der Waals surface area (Å²) < 4.78 is 2.14. The maximum Gasteiger partial charge on any atom is 0.160 e. The third-order valence-corrected chi connectivity index (χ3v) is 3.11. The molecule has 3 aromatic rings. The van der Waals surface area contributed by atoms with Crippen molar-refractivity contribution in [1.82, 2.24) is 14.5 Å². The van der Waals surface area contributed by atoms with E-state index in [-0.39, 0.29) is 6.04 Å². The fourth-order valence-corrected chi connectivity index (χ4v) is 2.30. The van der Waals surface area contributed by atoms with Crippen LogP contribution in [0.25, 0.3) is 22.6 Å². The summed E-state index contributed by atoms with van der Waals surface area (Å²) in [7, 11) is 0. The summed E-state index contributed by atoms with van der Waals surface area (Å²) in [5.41, 5.74) is 9.45. The lowest BCUT2D eigenvalue weighted by Crippen LogP contribution is -2.04. The fourth-order valence-electron chi connectivity index (χ4n) is 2.30. The molecule has 3 rings (SSSR count). The zero-order valence-corrected chi connectivity index (χ0v) is 11.0. The number of imidazole rings is 1. The van der Waals surface area contributed by atoms with Crippen molar-refractivity contribution in [3.8, 4) is 11.4 Å². The molecular weight excluding hydrogens is 236 g/mol. The van der Waals surface area contributed by atoms with Gasteiger partial charge in [-0.2, -0.15) is 0 Å². The summed E-state index contributed by atoms with van der Waals surface area (Å²) in [6, 6.07) is 12.0. The molecule has 0 amide bonds. The van der Waals surface area contributed by atoms with Crippen LogP contribution in [0.2, 0.25) is 0 Å². The largest absolute Gasteiger partial charge is 0.399 e. The van der Waals surface area contributed by atoms with Crippen LogP contribution in [-0.4, -0.2) is 14.5 Å². The molecule has 0 saturated carbocycles. The van der Waals surface area contributed by atoms with Crippen LogP contribution in [0.4, 0.5) is 5.69 Å². The molecule has 19 heavy (non-hydrogen) atoms. The number of aromatic nitrogens is 3. The normalized spacial score (nSPS) is 11.3. The third kappa shape index (κ3) is 1.95. The molecule has 0 aliphatic heterocycles. The smallest absolute Gasteiger partial charge is 0.160 e. The van der Waals surface area contributed by atoms with E-state index in [4.69, 9.17) is 10.7 Å². The molecule has 0 atom stereocenters. The van der Waals surface area contributed by atoms with Crippen LogP contribution in [0.3, 0.4) is 0 Å². The van der Waals surface area contributed by atoms with Gasteiger partial charge in [0.05, 0.1) is 0 Å². The molecule has 0 aliphatic rings. The average molecular weight is 252 g/mol. The minimum atomic E-state index is 0.288. The van der Waals surface area contributed by atoms with Crippen LogP contribution in [0.1, 0.15) is 19.9 Å². The average Bonchev–Trinajstić information content (AvgIpc) is 2.78. The molecule has 0 unspecified atom stereocenters. The molecule has 0 bridgehead atoms. The first-order valence-corrected chi connectivity index (χ1v) is 6.35. The maximum absolute atomic E-state index is 5.86. The molecule has 0 spiro atoms. The van der Waals surface area contributed by atoms with E-state index in [9.17, 15) is 0 Å². The number of hydrogen-bond acceptors (Lipinski definition) is 3. The van der Waals surface area contributed by atoms with Gasteiger partial charge in [0, 0.05) is 23.5 Å². The number of rotatable bonds is 2. The Labute approximate surface area is 111 Å². The second-order valence-corrected chi connectivity index (χ2v) is 4.87. The van der Waals surface area contributed by atoms with Crippen molar-refractivity contribution in [1.29, 1.82) is 0 Å². The van der Waals surface area contributed by atoms with Crippen LogP contribution in [0.5, 0.6) is 0 Å². The lowest BCUT2D eigenvalue weighted by atomic mass is 10.2. The van der Waals surface area contributed by atoms with Gasteiger partial charge in [0.2, 0.25) is 0 Å². The molecule has 0 saturated heterocycles. The van der Waals surface area contributed by atoms with Gasteiger partial charge in [-0.15, -0.1) is 0 Å². The highest BCUT2D eigenvalue weighted by Gasteiger charge is 2.15. The van der Waals surface area contributed by atoms with Crippen LogP contribution >= 0.6 is 0 Å². The van der Waals surface area contributed by atoms with Crippen molar-refractivity contribution in [3.63, 3.8) is 0 Å². The number of anilines is 1. The number of fused-ring (bicyclic) bond motifs is 1. The van der Waals surface area contributed by atoms with Crippen LogP contribution < -0.4 is 5.73 Å². The number of benzene rings is 1. The topological polar surface area (TPSA) is 56.7 Å². The third-order valence-electron chi connectivity index (χ3n) is 3.11. The molecule has 2 N–H and O–H groups in total. The SMILES string of the molecule is CC(C)n1c(-c2cccc(N)c2)nc2cccnc21. The van der Waals surface area contributed by atoms with Crippen molar-refractivity contribution in [2.24, 2.45) is 0 Å². The zero-order valence-electron chi connectivity index (χ0n) is 11.0. The fraction of sp³-hybridized carbons (Fsp3) is 0.200. The minimum absolute atomic E-state index is 0.288. The first-order valence-electron chi connectivity index (χ1n) is 6.35. The number of pyridine rings is 1. The maximum atomic E-state index is 5.86. The minimum Gasteiger partial charge on any atom is -0.399 e. The van der Waals surface area contributed by atoms with Crippen LogP contribution in [0.15, 0.2) is 42.6 Å². The molecule has 2 heterocycles. The van der Waals surface area contributed by atoms with E-state index in [1.165, 1.54) is 0 Å². The predicted octanol–water partition coefficient (Wildman–Crippen LogP) is 3.26. The Hall–Kier alpha value is -2.36. The second-order valence-electron chi connectivity index (χ2n) is 4.87. The summed E-state index contributed by atoms with van der Waals surface area (Å²) in [6.07, 6.45) is 1.80. The highest BCUT2D eigenvalue weighted by Crippen LogP contribution is 2.27. The van der Waals surface area contributed by atoms with Gasteiger partial charge < -0.3 is 10.3 Å². The number of nitrogens with zero attached hydrogens (tertiary/aromatic N) is 3. The Kier molecular flexibility index (Phi) is 2.71. The number of nitrogens with two attached hydrogens (primary N) is 1. The van der Waals surface area contributed by atoms with Gasteiger partial charge >= 0.3 is 0 Å². The van der Waals surface area contributed by atoms with E-state index in [0.717, 1.165) is 28.2 Å². The van der Waals surface area contributed by atoms with Crippen LogP contribution in [-0.2, 0) is 0 Å². The van der Waals surface area contributed by atoms with Crippen molar-refractivity contribution >= 4 is 16.9 Å². The number of hydrogen-bond donors (Lipinski definition) is 1. The first kappa shape index (κ1) is 11.7. The van der Waals surface area contributed by atoms with Gasteiger partial charge in [0.15, 0.2) is 5.65 Å². The highest BCUT2D eigenvalue weighted by atomic mass is 15.1. The molecule has 4 nitrogen and oxygen atoms in total. The summed E-state index contributed by atoms with van der Waals surface area (Å²) in [5, 5.41) is 0. The van der Waals surface area contributed by atoms with Crippen molar-refractivity contribution in [2.45, 2.75) is 19.9 Å². The summed E-state index contributed by atoms with van der Waals surface area (Å²) in [4.78, 5) is 9.13. The molecular formula is C15H16N4. The van der Waals surface area contributed by atoms with Gasteiger partial charge in [-0.25, -0.2) is 9.97 Å². The Morgan fingerprint density at radius 2 is 2.00 bits per heavy atom. The lowest BCUT2D eigenvalue weighted by molar-refractivity contribution is 0.620. The van der Waals surface area contributed by atoms with Crippen molar-refractivity contribution < 1.29 is 0 Å². The summed E-state index contributed by atoms with van der Waals surface area (Å²) >= 11 is 0. The molecule has 4 heteroatoms. The number of nitrogen functional groups attached to an aromatic ring is 1. The summed E-state index contributed by atoms with van der Waals surface area (Å²) in [6.45, 7) is 4.26. The second kappa shape index (κ2) is 4.39. The Morgan fingerprint density at radius 1 is 1.16 bits per heavy atom. The van der Waals surface area contributed by atoms with E-state index in [1.54, 1.807) is 6.20 Å². The standard InChI is InChI=1S/C15H16N4/c1-10(2)19-14(11-5-3-6-12(16)9-11)18-13-7-4-8-17-15(13)19/h3-10H,16H2,1-2H3. The van der Waals surface area contributed by atoms with E-state index in [0.29, 0.717) is 0 Å². The molecule has 96 valence electrons. The van der Waals surface area contributed by atoms with Gasteiger partial charge in [0.1, 0.15) is 11.3 Å². The Bertz CT molecular complexity index is 728. The van der Waals surface area contributed by atoms with Gasteiger partial charge in [-0.1, -0.05) is 12.1 Å². The molecule has 1 aromatic carbocycles. The van der Waals surface area contributed by atoms with E-state index >= 15 is 0 Å². The van der Waals surface area contributed by atoms with E-state index in [2.05, 4.69) is 23.4 Å². The predicted molar refractivity (Wildman–Crippen MR) is 77.8 cm³/mol. The first-order chi connectivity index (χ1) is 9.16. The highest BCUT2D eigenvalue weighted by molar-refractivity contribution is 5.78. The Morgan fingerprint density at radius 3 is 2.74 bits per heavy atom. The molecule has 0 fully saturated rings. The lowest BCUT2D eigenvalue weighted by Gasteiger charge is -2.12. The monoisotopic (exact) mass is 252 g/mol. The van der Waals surface area contributed by atoms with Crippen molar-refractivity contribution in [2.75, 3.05) is 5.73 Å². The molecule has 2 aromatic heterocycles. The molecule has 0 aliphatic carbocycles. The van der Waals surface area contributed by atoms with Gasteiger partial charge in [-0.05, 0) is 38.1 Å². The molecule has 0 radical (unpaired) electrons. The quantitative estimate of drug-likeness (QED) is 0.712. The van der Waals surface area contributed by atoms with Gasteiger partial charge in [0.25, 0.3) is 0 Å².